The fraction of sp³-hybridized carbons (Fsp3) is 0.263. The van der Waals surface area contributed by atoms with Crippen LogP contribution in [0, 0.1) is 5.92 Å². The lowest BCUT2D eigenvalue weighted by Crippen LogP contribution is -2.22. The van der Waals surface area contributed by atoms with Gasteiger partial charge in [0.25, 0.3) is 5.91 Å². The Kier molecular flexibility index (Phi) is 5.81. The van der Waals surface area contributed by atoms with Crippen molar-refractivity contribution >= 4 is 40.8 Å². The largest absolute Gasteiger partial charge is 0.481 e. The van der Waals surface area contributed by atoms with E-state index in [0.29, 0.717) is 40.8 Å². The van der Waals surface area contributed by atoms with Crippen LogP contribution in [0.3, 0.4) is 0 Å². The Bertz CT molecular complexity index is 841. The molecule has 2 aromatic rings. The van der Waals surface area contributed by atoms with Crippen LogP contribution >= 0.6 is 23.2 Å². The average molecular weight is 393 g/mol. The molecule has 1 heterocycles. The highest BCUT2D eigenvalue weighted by atomic mass is 35.5. The molecular formula is C19H18Cl2N2O3. The average Bonchev–Trinajstić information content (AvgIpc) is 3.04. The predicted molar refractivity (Wildman–Crippen MR) is 102 cm³/mol. The van der Waals surface area contributed by atoms with Crippen LogP contribution in [0.5, 0.6) is 0 Å². The van der Waals surface area contributed by atoms with E-state index in [1.807, 2.05) is 18.2 Å². The van der Waals surface area contributed by atoms with Gasteiger partial charge >= 0.3 is 5.97 Å². The number of amides is 1. The van der Waals surface area contributed by atoms with Crippen molar-refractivity contribution in [2.75, 3.05) is 18.4 Å². The van der Waals surface area contributed by atoms with Crippen LogP contribution in [0.4, 0.5) is 5.69 Å². The van der Waals surface area contributed by atoms with Gasteiger partial charge < -0.3 is 10.4 Å². The second kappa shape index (κ2) is 8.08. The number of hydrogen-bond donors (Lipinski definition) is 2. The number of rotatable bonds is 5. The first-order chi connectivity index (χ1) is 12.4. The molecule has 7 heteroatoms. The third-order valence-electron chi connectivity index (χ3n) is 4.39. The zero-order valence-corrected chi connectivity index (χ0v) is 15.4. The van der Waals surface area contributed by atoms with Crippen molar-refractivity contribution in [1.82, 2.24) is 4.90 Å². The van der Waals surface area contributed by atoms with Gasteiger partial charge in [0.15, 0.2) is 0 Å². The molecule has 2 aromatic carbocycles. The highest BCUT2D eigenvalue weighted by Crippen LogP contribution is 2.23. The minimum Gasteiger partial charge on any atom is -0.481 e. The third-order valence-corrected chi connectivity index (χ3v) is 4.94. The van der Waals surface area contributed by atoms with E-state index in [1.165, 1.54) is 6.07 Å². The van der Waals surface area contributed by atoms with Crippen LogP contribution < -0.4 is 5.32 Å². The molecule has 26 heavy (non-hydrogen) atoms. The van der Waals surface area contributed by atoms with Gasteiger partial charge in [0.1, 0.15) is 0 Å². The smallest absolute Gasteiger partial charge is 0.307 e. The number of carboxylic acids is 1. The Morgan fingerprint density at radius 1 is 1.19 bits per heavy atom. The number of carbonyl (C=O) groups excluding carboxylic acids is 1. The van der Waals surface area contributed by atoms with Gasteiger partial charge in [-0.3, -0.25) is 14.5 Å². The summed E-state index contributed by atoms with van der Waals surface area (Å²) in [6, 6.07) is 12.2. The van der Waals surface area contributed by atoms with Crippen molar-refractivity contribution in [2.24, 2.45) is 5.92 Å². The number of carboxylic acid groups (broad SMARTS) is 1. The zero-order valence-electron chi connectivity index (χ0n) is 13.9. The number of aliphatic carboxylic acids is 1. The van der Waals surface area contributed by atoms with Crippen molar-refractivity contribution in [2.45, 2.75) is 13.0 Å². The number of likely N-dealkylation sites (tertiary alicyclic amines) is 1. The molecule has 1 atom stereocenters. The maximum absolute atomic E-state index is 12.4. The fourth-order valence-electron chi connectivity index (χ4n) is 3.06. The number of carbonyl (C=O) groups is 2. The Morgan fingerprint density at radius 3 is 2.69 bits per heavy atom. The topological polar surface area (TPSA) is 69.6 Å². The van der Waals surface area contributed by atoms with Crippen molar-refractivity contribution in [3.05, 3.63) is 63.6 Å². The summed E-state index contributed by atoms with van der Waals surface area (Å²) in [5.74, 6) is -1.35. The highest BCUT2D eigenvalue weighted by molar-refractivity contribution is 6.37. The number of halogens is 2. The van der Waals surface area contributed by atoms with Gasteiger partial charge in [-0.25, -0.2) is 0 Å². The SMILES string of the molecule is O=C(Nc1cccc(CN2CCC(C(=O)O)C2)c1)c1ccc(Cl)cc1Cl. The number of nitrogens with zero attached hydrogens (tertiary/aromatic N) is 1. The molecule has 1 fully saturated rings. The monoisotopic (exact) mass is 392 g/mol. The molecule has 0 aromatic heterocycles. The second-order valence-corrected chi connectivity index (χ2v) is 7.18. The number of benzene rings is 2. The van der Waals surface area contributed by atoms with Crippen molar-refractivity contribution < 1.29 is 14.7 Å². The van der Waals surface area contributed by atoms with Gasteiger partial charge in [-0.1, -0.05) is 35.3 Å². The number of hydrogen-bond acceptors (Lipinski definition) is 3. The fourth-order valence-corrected chi connectivity index (χ4v) is 3.55. The van der Waals surface area contributed by atoms with E-state index < -0.39 is 5.97 Å². The molecule has 1 unspecified atom stereocenters. The van der Waals surface area contributed by atoms with Gasteiger partial charge in [-0.05, 0) is 48.9 Å². The molecule has 0 bridgehead atoms. The molecule has 0 saturated carbocycles. The van der Waals surface area contributed by atoms with Gasteiger partial charge in [0.05, 0.1) is 16.5 Å². The standard InChI is InChI=1S/C19H18Cl2N2O3/c20-14-4-5-16(17(21)9-14)18(24)22-15-3-1-2-12(8-15)10-23-7-6-13(11-23)19(25)26/h1-5,8-9,13H,6-7,10-11H2,(H,22,24)(H,25,26). The maximum atomic E-state index is 12.4. The van der Waals surface area contributed by atoms with Gasteiger partial charge in [0.2, 0.25) is 0 Å². The molecular weight excluding hydrogens is 375 g/mol. The van der Waals surface area contributed by atoms with E-state index >= 15 is 0 Å². The molecule has 0 spiro atoms. The van der Waals surface area contributed by atoms with E-state index in [4.69, 9.17) is 28.3 Å². The summed E-state index contributed by atoms with van der Waals surface area (Å²) in [6.45, 7) is 1.95. The van der Waals surface area contributed by atoms with Gasteiger partial charge in [-0.15, -0.1) is 0 Å². The van der Waals surface area contributed by atoms with Crippen LogP contribution in [-0.4, -0.2) is 35.0 Å². The summed E-state index contributed by atoms with van der Waals surface area (Å²) in [5, 5.41) is 12.7. The molecule has 1 aliphatic heterocycles. The highest BCUT2D eigenvalue weighted by Gasteiger charge is 2.27. The molecule has 2 N–H and O–H groups in total. The van der Waals surface area contributed by atoms with E-state index in [0.717, 1.165) is 12.1 Å². The maximum Gasteiger partial charge on any atom is 0.307 e. The quantitative estimate of drug-likeness (QED) is 0.801. The molecule has 1 aliphatic rings. The molecule has 0 radical (unpaired) electrons. The lowest BCUT2D eigenvalue weighted by Gasteiger charge is -2.16. The first kappa shape index (κ1) is 18.7. The third kappa shape index (κ3) is 4.55. The summed E-state index contributed by atoms with van der Waals surface area (Å²) in [5.41, 5.74) is 2.02. The summed E-state index contributed by atoms with van der Waals surface area (Å²) in [4.78, 5) is 25.6. The van der Waals surface area contributed by atoms with Gasteiger partial charge in [0, 0.05) is 23.8 Å². The summed E-state index contributed by atoms with van der Waals surface area (Å²) < 4.78 is 0. The van der Waals surface area contributed by atoms with E-state index in [1.54, 1.807) is 18.2 Å². The number of nitrogens with one attached hydrogen (secondary N) is 1. The molecule has 3 rings (SSSR count). The predicted octanol–water partition coefficient (Wildman–Crippen LogP) is 4.15. The Hall–Kier alpha value is -2.08. The first-order valence-corrected chi connectivity index (χ1v) is 8.98. The van der Waals surface area contributed by atoms with Crippen LogP contribution in [-0.2, 0) is 11.3 Å². The van der Waals surface area contributed by atoms with Crippen molar-refractivity contribution in [1.29, 1.82) is 0 Å². The summed E-state index contributed by atoms with van der Waals surface area (Å²) in [6.07, 6.45) is 0.667. The Labute approximate surface area is 161 Å². The number of anilines is 1. The molecule has 5 nitrogen and oxygen atoms in total. The van der Waals surface area contributed by atoms with Crippen molar-refractivity contribution in [3.63, 3.8) is 0 Å². The lowest BCUT2D eigenvalue weighted by molar-refractivity contribution is -0.141. The second-order valence-electron chi connectivity index (χ2n) is 6.34. The van der Waals surface area contributed by atoms with Crippen LogP contribution in [0.15, 0.2) is 42.5 Å². The van der Waals surface area contributed by atoms with Crippen LogP contribution in [0.25, 0.3) is 0 Å². The normalized spacial score (nSPS) is 17.2. The van der Waals surface area contributed by atoms with Crippen molar-refractivity contribution in [3.8, 4) is 0 Å². The molecule has 1 saturated heterocycles. The van der Waals surface area contributed by atoms with Gasteiger partial charge in [-0.2, -0.15) is 0 Å². The van der Waals surface area contributed by atoms with E-state index in [2.05, 4.69) is 10.2 Å². The Balaban J connectivity index is 1.66. The minimum atomic E-state index is -0.742. The lowest BCUT2D eigenvalue weighted by atomic mass is 10.1. The summed E-state index contributed by atoms with van der Waals surface area (Å²) >= 11 is 11.9. The molecule has 0 aliphatic carbocycles. The zero-order chi connectivity index (χ0) is 18.7. The van der Waals surface area contributed by atoms with Crippen LogP contribution in [0.2, 0.25) is 10.0 Å². The Morgan fingerprint density at radius 2 is 2.00 bits per heavy atom. The first-order valence-electron chi connectivity index (χ1n) is 8.23. The van der Waals surface area contributed by atoms with E-state index in [9.17, 15) is 9.59 Å². The molecule has 136 valence electrons. The summed E-state index contributed by atoms with van der Waals surface area (Å²) in [7, 11) is 0. The van der Waals surface area contributed by atoms with E-state index in [-0.39, 0.29) is 11.8 Å². The molecule has 1 amide bonds. The minimum absolute atomic E-state index is 0.294. The van der Waals surface area contributed by atoms with Crippen LogP contribution in [0.1, 0.15) is 22.3 Å².